The van der Waals surface area contributed by atoms with E-state index < -0.39 is 5.41 Å². The van der Waals surface area contributed by atoms with Crippen molar-refractivity contribution in [2.45, 2.75) is 51.4 Å². The van der Waals surface area contributed by atoms with Crippen LogP contribution in [0.5, 0.6) is 0 Å². The maximum Gasteiger partial charge on any atom is 0.233 e. The molecule has 1 aliphatic heterocycles. The summed E-state index contributed by atoms with van der Waals surface area (Å²) in [4.78, 5) is 26.6. The minimum absolute atomic E-state index is 0.0936. The molecule has 2 fully saturated rings. The van der Waals surface area contributed by atoms with Gasteiger partial charge in [0.2, 0.25) is 11.8 Å². The Morgan fingerprint density at radius 2 is 1.71 bits per heavy atom. The van der Waals surface area contributed by atoms with Gasteiger partial charge in [-0.1, -0.05) is 31.5 Å². The van der Waals surface area contributed by atoms with E-state index in [2.05, 4.69) is 5.32 Å². The minimum atomic E-state index is -0.690. The summed E-state index contributed by atoms with van der Waals surface area (Å²) in [6.45, 7) is 2.08. The van der Waals surface area contributed by atoms with Crippen LogP contribution in [0, 0.1) is 5.41 Å². The fourth-order valence-corrected chi connectivity index (χ4v) is 3.61. The predicted octanol–water partition coefficient (Wildman–Crippen LogP) is 1.35. The summed E-state index contributed by atoms with van der Waals surface area (Å²) in [5, 5.41) is 2.87. The molecule has 6 heteroatoms. The molecule has 21 heavy (non-hydrogen) atoms. The number of nitrogens with zero attached hydrogens (tertiary/aromatic N) is 1. The second-order valence-corrected chi connectivity index (χ2v) is 6.54. The van der Waals surface area contributed by atoms with Crippen LogP contribution in [-0.2, 0) is 9.59 Å². The molecule has 2 aliphatic rings. The predicted molar refractivity (Wildman–Crippen MR) is 85.7 cm³/mol. The molecule has 0 aromatic heterocycles. The zero-order valence-electron chi connectivity index (χ0n) is 12.5. The van der Waals surface area contributed by atoms with E-state index in [-0.39, 0.29) is 11.8 Å². The van der Waals surface area contributed by atoms with Crippen LogP contribution < -0.4 is 11.1 Å². The summed E-state index contributed by atoms with van der Waals surface area (Å²) in [5.41, 5.74) is 5.14. The molecule has 0 aromatic carbocycles. The Morgan fingerprint density at radius 1 is 1.10 bits per heavy atom. The zero-order valence-corrected chi connectivity index (χ0v) is 13.3. The Morgan fingerprint density at radius 3 is 2.29 bits per heavy atom. The number of carbonyl (C=O) groups is 2. The van der Waals surface area contributed by atoms with Gasteiger partial charge in [0.15, 0.2) is 0 Å². The molecule has 0 radical (unpaired) electrons. The quantitative estimate of drug-likeness (QED) is 0.752. The molecule has 0 unspecified atom stereocenters. The zero-order chi connectivity index (χ0) is 15.3. The summed E-state index contributed by atoms with van der Waals surface area (Å²) in [6.07, 6.45) is 7.09. The number of hydrogen-bond acceptors (Lipinski definition) is 3. The van der Waals surface area contributed by atoms with E-state index in [9.17, 15) is 9.59 Å². The molecular weight excluding hydrogens is 286 g/mol. The van der Waals surface area contributed by atoms with Gasteiger partial charge in [-0.05, 0) is 25.7 Å². The van der Waals surface area contributed by atoms with Crippen LogP contribution in [0.1, 0.15) is 51.4 Å². The molecule has 2 rings (SSSR count). The van der Waals surface area contributed by atoms with E-state index >= 15 is 0 Å². The topological polar surface area (TPSA) is 75.4 Å². The molecule has 0 atom stereocenters. The van der Waals surface area contributed by atoms with Gasteiger partial charge < -0.3 is 16.0 Å². The number of thiocarbonyl (C=S) groups is 1. The first-order valence-corrected chi connectivity index (χ1v) is 8.33. The van der Waals surface area contributed by atoms with Crippen molar-refractivity contribution in [3.05, 3.63) is 0 Å². The average molecular weight is 311 g/mol. The molecular formula is C15H25N3O2S. The monoisotopic (exact) mass is 311 g/mol. The summed E-state index contributed by atoms with van der Waals surface area (Å²) >= 11 is 5.14. The van der Waals surface area contributed by atoms with Gasteiger partial charge in [0, 0.05) is 26.1 Å². The molecule has 2 amide bonds. The van der Waals surface area contributed by atoms with E-state index in [0.717, 1.165) is 58.0 Å². The van der Waals surface area contributed by atoms with E-state index in [4.69, 9.17) is 18.0 Å². The first kappa shape index (κ1) is 16.2. The van der Waals surface area contributed by atoms with Crippen LogP contribution >= 0.6 is 12.2 Å². The van der Waals surface area contributed by atoms with Crippen LogP contribution in [0.25, 0.3) is 0 Å². The Hall–Kier alpha value is -1.17. The summed E-state index contributed by atoms with van der Waals surface area (Å²) in [5.74, 6) is 0.0322. The smallest absolute Gasteiger partial charge is 0.233 e. The lowest BCUT2D eigenvalue weighted by atomic mass is 9.73. The van der Waals surface area contributed by atoms with Crippen molar-refractivity contribution in [1.29, 1.82) is 0 Å². The minimum Gasteiger partial charge on any atom is -0.392 e. The molecule has 1 heterocycles. The lowest BCUT2D eigenvalue weighted by Gasteiger charge is -2.34. The molecule has 0 bridgehead atoms. The fourth-order valence-electron chi connectivity index (χ4n) is 3.32. The number of likely N-dealkylation sites (tertiary alicyclic amines) is 1. The maximum atomic E-state index is 12.5. The van der Waals surface area contributed by atoms with E-state index in [1.165, 1.54) is 0 Å². The number of nitrogens with one attached hydrogen (secondary N) is 1. The van der Waals surface area contributed by atoms with Gasteiger partial charge in [-0.15, -0.1) is 0 Å². The second kappa shape index (κ2) is 7.20. The summed E-state index contributed by atoms with van der Waals surface area (Å²) in [6, 6.07) is 0. The molecule has 1 saturated heterocycles. The van der Waals surface area contributed by atoms with Gasteiger partial charge in [-0.2, -0.15) is 0 Å². The van der Waals surface area contributed by atoms with Gasteiger partial charge in [0.25, 0.3) is 0 Å². The average Bonchev–Trinajstić information content (AvgIpc) is 3.01. The normalized spacial score (nSPS) is 21.0. The van der Waals surface area contributed by atoms with Crippen molar-refractivity contribution in [1.82, 2.24) is 10.2 Å². The van der Waals surface area contributed by atoms with Crippen LogP contribution in [-0.4, -0.2) is 41.3 Å². The molecule has 1 aliphatic carbocycles. The van der Waals surface area contributed by atoms with Gasteiger partial charge in [-0.3, -0.25) is 9.59 Å². The highest BCUT2D eigenvalue weighted by atomic mass is 32.1. The molecule has 118 valence electrons. The largest absolute Gasteiger partial charge is 0.392 e. The Balaban J connectivity index is 1.82. The lowest BCUT2D eigenvalue weighted by molar-refractivity contribution is -0.131. The van der Waals surface area contributed by atoms with Crippen molar-refractivity contribution >= 4 is 29.0 Å². The first-order valence-electron chi connectivity index (χ1n) is 7.92. The van der Waals surface area contributed by atoms with Gasteiger partial charge >= 0.3 is 0 Å². The Labute approximate surface area is 131 Å². The van der Waals surface area contributed by atoms with Crippen molar-refractivity contribution < 1.29 is 9.59 Å². The second-order valence-electron chi connectivity index (χ2n) is 6.10. The molecule has 5 nitrogen and oxygen atoms in total. The molecule has 0 aromatic rings. The molecule has 0 spiro atoms. The van der Waals surface area contributed by atoms with E-state index in [1.807, 2.05) is 4.90 Å². The highest BCUT2D eigenvalue weighted by Gasteiger charge is 2.42. The first-order chi connectivity index (χ1) is 10.1. The van der Waals surface area contributed by atoms with Crippen molar-refractivity contribution in [2.24, 2.45) is 11.1 Å². The lowest BCUT2D eigenvalue weighted by Crippen LogP contribution is -2.50. The molecule has 1 saturated carbocycles. The number of amides is 2. The summed E-state index contributed by atoms with van der Waals surface area (Å²) < 4.78 is 0. The van der Waals surface area contributed by atoms with Gasteiger partial charge in [0.1, 0.15) is 0 Å². The van der Waals surface area contributed by atoms with Crippen molar-refractivity contribution in [2.75, 3.05) is 19.6 Å². The molecule has 3 N–H and O–H groups in total. The SMILES string of the molecule is NC(=S)C1(C(=O)NCCC(=O)N2CCCC2)CCCCC1. The fraction of sp³-hybridized carbons (Fsp3) is 0.800. The van der Waals surface area contributed by atoms with E-state index in [0.29, 0.717) is 18.0 Å². The number of rotatable bonds is 5. The number of hydrogen-bond donors (Lipinski definition) is 2. The third-order valence-electron chi connectivity index (χ3n) is 4.70. The number of carbonyl (C=O) groups excluding carboxylic acids is 2. The van der Waals surface area contributed by atoms with Crippen molar-refractivity contribution in [3.63, 3.8) is 0 Å². The Kier molecular flexibility index (Phi) is 5.56. The third kappa shape index (κ3) is 3.73. The number of nitrogens with two attached hydrogens (primary N) is 1. The van der Waals surface area contributed by atoms with Crippen LogP contribution in [0.2, 0.25) is 0 Å². The highest BCUT2D eigenvalue weighted by molar-refractivity contribution is 7.80. The van der Waals surface area contributed by atoms with E-state index in [1.54, 1.807) is 0 Å². The summed E-state index contributed by atoms with van der Waals surface area (Å²) in [7, 11) is 0. The van der Waals surface area contributed by atoms with Crippen LogP contribution in [0.4, 0.5) is 0 Å². The Bertz CT molecular complexity index is 413. The standard InChI is InChI=1S/C15H25N3O2S/c16-13(21)15(7-2-1-3-8-15)14(20)17-9-6-12(19)18-10-4-5-11-18/h1-11H2,(H2,16,21)(H,17,20). The van der Waals surface area contributed by atoms with Crippen molar-refractivity contribution in [3.8, 4) is 0 Å². The third-order valence-corrected chi connectivity index (χ3v) is 5.09. The highest BCUT2D eigenvalue weighted by Crippen LogP contribution is 2.36. The van der Waals surface area contributed by atoms with Gasteiger partial charge in [-0.25, -0.2) is 0 Å². The van der Waals surface area contributed by atoms with Crippen LogP contribution in [0.3, 0.4) is 0 Å². The van der Waals surface area contributed by atoms with Gasteiger partial charge in [0.05, 0.1) is 10.4 Å². The van der Waals surface area contributed by atoms with Crippen LogP contribution in [0.15, 0.2) is 0 Å². The maximum absolute atomic E-state index is 12.5.